The maximum atomic E-state index is 13.1. The van der Waals surface area contributed by atoms with Gasteiger partial charge in [0.2, 0.25) is 0 Å². The van der Waals surface area contributed by atoms with Crippen molar-refractivity contribution < 1.29 is 17.9 Å². The number of para-hydroxylation sites is 2. The number of aromatic nitrogens is 1. The minimum atomic E-state index is -4.49. The Kier molecular flexibility index (Phi) is 3.94. The number of rotatable bonds is 3. The van der Waals surface area contributed by atoms with Gasteiger partial charge in [0.15, 0.2) is 0 Å². The fourth-order valence-electron chi connectivity index (χ4n) is 2.40. The first-order valence-electron chi connectivity index (χ1n) is 7.09. The molecule has 2 aromatic carbocycles. The Labute approximate surface area is 131 Å². The molecule has 0 N–H and O–H groups in total. The quantitative estimate of drug-likeness (QED) is 0.667. The number of aryl methyl sites for hydroxylation is 1. The topological polar surface area (TPSA) is 22.1 Å². The van der Waals surface area contributed by atoms with Crippen LogP contribution in [0.15, 0.2) is 54.6 Å². The summed E-state index contributed by atoms with van der Waals surface area (Å²) in [6, 6.07) is 15.4. The Balaban J connectivity index is 2.05. The molecule has 0 aliphatic rings. The Hall–Kier alpha value is -2.56. The summed E-state index contributed by atoms with van der Waals surface area (Å²) in [7, 11) is 0. The second-order valence-corrected chi connectivity index (χ2v) is 5.24. The van der Waals surface area contributed by atoms with Crippen molar-refractivity contribution in [2.24, 2.45) is 0 Å². The van der Waals surface area contributed by atoms with Crippen molar-refractivity contribution >= 4 is 10.9 Å². The maximum absolute atomic E-state index is 13.1. The third-order valence-corrected chi connectivity index (χ3v) is 3.55. The second-order valence-electron chi connectivity index (χ2n) is 5.24. The molecule has 0 unspecified atom stereocenters. The summed E-state index contributed by atoms with van der Waals surface area (Å²) in [5.41, 5.74) is 0.629. The van der Waals surface area contributed by atoms with Crippen LogP contribution in [0.4, 0.5) is 13.2 Å². The summed E-state index contributed by atoms with van der Waals surface area (Å²) in [6.45, 7) is 1.80. The molecule has 3 aromatic rings. The summed E-state index contributed by atoms with van der Waals surface area (Å²) in [5.74, 6) is 0.610. The van der Waals surface area contributed by atoms with E-state index in [4.69, 9.17) is 4.74 Å². The number of alkyl halides is 3. The van der Waals surface area contributed by atoms with E-state index in [-0.39, 0.29) is 6.61 Å². The molecule has 0 saturated carbocycles. The second kappa shape index (κ2) is 5.91. The zero-order chi connectivity index (χ0) is 16.4. The Morgan fingerprint density at radius 1 is 1.00 bits per heavy atom. The molecule has 1 aromatic heterocycles. The van der Waals surface area contributed by atoms with Crippen molar-refractivity contribution in [1.29, 1.82) is 0 Å². The van der Waals surface area contributed by atoms with Gasteiger partial charge < -0.3 is 4.74 Å². The zero-order valence-electron chi connectivity index (χ0n) is 12.4. The number of halogens is 3. The molecular weight excluding hydrogens is 303 g/mol. The van der Waals surface area contributed by atoms with E-state index in [1.54, 1.807) is 37.3 Å². The highest BCUT2D eigenvalue weighted by Gasteiger charge is 2.33. The molecule has 2 nitrogen and oxygen atoms in total. The van der Waals surface area contributed by atoms with E-state index < -0.39 is 11.9 Å². The van der Waals surface area contributed by atoms with E-state index >= 15 is 0 Å². The monoisotopic (exact) mass is 317 g/mol. The summed E-state index contributed by atoms with van der Waals surface area (Å²) in [6.07, 6.45) is -4.49. The lowest BCUT2D eigenvalue weighted by molar-refractivity contribution is -0.141. The highest BCUT2D eigenvalue weighted by atomic mass is 19.4. The number of pyridine rings is 1. The molecule has 0 aliphatic heterocycles. The largest absolute Gasteiger partial charge is 0.489 e. The molecule has 0 spiro atoms. The van der Waals surface area contributed by atoms with Crippen molar-refractivity contribution in [3.8, 4) is 5.75 Å². The van der Waals surface area contributed by atoms with Gasteiger partial charge in [0, 0.05) is 10.9 Å². The molecule has 5 heteroatoms. The van der Waals surface area contributed by atoms with Crippen molar-refractivity contribution in [3.05, 3.63) is 71.4 Å². The van der Waals surface area contributed by atoms with Gasteiger partial charge in [-0.3, -0.25) is 0 Å². The number of fused-ring (bicyclic) bond motifs is 1. The van der Waals surface area contributed by atoms with Crippen molar-refractivity contribution in [1.82, 2.24) is 4.98 Å². The van der Waals surface area contributed by atoms with E-state index in [0.717, 1.165) is 6.07 Å². The fraction of sp³-hybridized carbons (Fsp3) is 0.167. The van der Waals surface area contributed by atoms with E-state index in [0.29, 0.717) is 27.8 Å². The lowest BCUT2D eigenvalue weighted by atomic mass is 10.0. The minimum Gasteiger partial charge on any atom is -0.489 e. The molecule has 0 amide bonds. The Morgan fingerprint density at radius 2 is 1.74 bits per heavy atom. The van der Waals surface area contributed by atoms with Gasteiger partial charge >= 0.3 is 6.18 Å². The smallest absolute Gasteiger partial charge is 0.433 e. The molecule has 1 heterocycles. The SMILES string of the molecule is Cc1cccc2c(COc3ccccc3)cc(C(F)(F)F)nc12. The average Bonchev–Trinajstić information content (AvgIpc) is 2.53. The first-order chi connectivity index (χ1) is 10.9. The molecular formula is C18H14F3NO. The first kappa shape index (κ1) is 15.3. The molecule has 3 rings (SSSR count). The van der Waals surface area contributed by atoms with Crippen molar-refractivity contribution in [2.45, 2.75) is 19.7 Å². The van der Waals surface area contributed by atoms with Crippen molar-refractivity contribution in [2.75, 3.05) is 0 Å². The molecule has 118 valence electrons. The molecule has 0 fully saturated rings. The van der Waals surface area contributed by atoms with Gasteiger partial charge in [-0.25, -0.2) is 4.98 Å². The van der Waals surface area contributed by atoms with Gasteiger partial charge in [0.1, 0.15) is 18.1 Å². The van der Waals surface area contributed by atoms with Crippen LogP contribution in [0.1, 0.15) is 16.8 Å². The summed E-state index contributed by atoms with van der Waals surface area (Å²) < 4.78 is 44.9. The molecule has 23 heavy (non-hydrogen) atoms. The first-order valence-corrected chi connectivity index (χ1v) is 7.09. The van der Waals surface area contributed by atoms with Gasteiger partial charge in [0.05, 0.1) is 5.52 Å². The number of hydrogen-bond acceptors (Lipinski definition) is 2. The van der Waals surface area contributed by atoms with Gasteiger partial charge in [0.25, 0.3) is 0 Å². The Bertz CT molecular complexity index is 829. The van der Waals surface area contributed by atoms with Crippen LogP contribution in [-0.4, -0.2) is 4.98 Å². The number of benzene rings is 2. The zero-order valence-corrected chi connectivity index (χ0v) is 12.4. The van der Waals surface area contributed by atoms with E-state index in [2.05, 4.69) is 4.98 Å². The van der Waals surface area contributed by atoms with Gasteiger partial charge in [-0.05, 0) is 30.7 Å². The minimum absolute atomic E-state index is 0.0512. The number of ether oxygens (including phenoxy) is 1. The van der Waals surface area contributed by atoms with E-state index in [1.165, 1.54) is 0 Å². The number of nitrogens with zero attached hydrogens (tertiary/aromatic N) is 1. The standard InChI is InChI=1S/C18H14F3NO/c1-12-6-5-9-15-13(11-23-14-7-3-2-4-8-14)10-16(18(19,20)21)22-17(12)15/h2-10H,11H2,1H3. The predicted molar refractivity (Wildman–Crippen MR) is 82.3 cm³/mol. The van der Waals surface area contributed by atoms with Crippen LogP contribution in [0.2, 0.25) is 0 Å². The molecule has 0 saturated heterocycles. The highest BCUT2D eigenvalue weighted by molar-refractivity contribution is 5.85. The van der Waals surface area contributed by atoms with Gasteiger partial charge in [-0.2, -0.15) is 13.2 Å². The van der Waals surface area contributed by atoms with Crippen molar-refractivity contribution in [3.63, 3.8) is 0 Å². The molecule has 0 atom stereocenters. The van der Waals surface area contributed by atoms with E-state index in [1.807, 2.05) is 18.2 Å². The number of hydrogen-bond donors (Lipinski definition) is 0. The van der Waals surface area contributed by atoms with Crippen LogP contribution in [0.25, 0.3) is 10.9 Å². The average molecular weight is 317 g/mol. The van der Waals surface area contributed by atoms with E-state index in [9.17, 15) is 13.2 Å². The molecule has 0 aliphatic carbocycles. The molecule has 0 bridgehead atoms. The lowest BCUT2D eigenvalue weighted by Gasteiger charge is -2.14. The maximum Gasteiger partial charge on any atom is 0.433 e. The van der Waals surface area contributed by atoms with Crippen LogP contribution in [-0.2, 0) is 12.8 Å². The molecule has 0 radical (unpaired) electrons. The van der Waals surface area contributed by atoms with Crippen LogP contribution in [0.5, 0.6) is 5.75 Å². The normalized spacial score (nSPS) is 11.7. The summed E-state index contributed by atoms with van der Waals surface area (Å²) in [4.78, 5) is 3.78. The summed E-state index contributed by atoms with van der Waals surface area (Å²) in [5, 5.41) is 0.675. The van der Waals surface area contributed by atoms with Gasteiger partial charge in [-0.1, -0.05) is 36.4 Å². The predicted octanol–water partition coefficient (Wildman–Crippen LogP) is 5.14. The third-order valence-electron chi connectivity index (χ3n) is 3.55. The van der Waals surface area contributed by atoms with Crippen LogP contribution in [0, 0.1) is 6.92 Å². The van der Waals surface area contributed by atoms with Crippen LogP contribution < -0.4 is 4.74 Å². The van der Waals surface area contributed by atoms with Crippen LogP contribution >= 0.6 is 0 Å². The fourth-order valence-corrected chi connectivity index (χ4v) is 2.40. The summed E-state index contributed by atoms with van der Waals surface area (Å²) >= 11 is 0. The van der Waals surface area contributed by atoms with Crippen LogP contribution in [0.3, 0.4) is 0 Å². The van der Waals surface area contributed by atoms with Gasteiger partial charge in [-0.15, -0.1) is 0 Å². The lowest BCUT2D eigenvalue weighted by Crippen LogP contribution is -2.10. The Morgan fingerprint density at radius 3 is 2.43 bits per heavy atom. The highest BCUT2D eigenvalue weighted by Crippen LogP contribution is 2.32. The third kappa shape index (κ3) is 3.28.